The van der Waals surface area contributed by atoms with Crippen LogP contribution in [0.3, 0.4) is 0 Å². The smallest absolute Gasteiger partial charge is 0.295 e. The molecule has 1 aromatic carbocycles. The van der Waals surface area contributed by atoms with Crippen molar-refractivity contribution in [3.63, 3.8) is 0 Å². The highest BCUT2D eigenvalue weighted by Crippen LogP contribution is 2.17. The minimum atomic E-state index is -0.151. The molecule has 2 heterocycles. The molecule has 0 bridgehead atoms. The molecule has 1 aromatic heterocycles. The summed E-state index contributed by atoms with van der Waals surface area (Å²) >= 11 is 3.42. The summed E-state index contributed by atoms with van der Waals surface area (Å²) in [7, 11) is 0. The van der Waals surface area contributed by atoms with E-state index in [2.05, 4.69) is 31.2 Å². The third kappa shape index (κ3) is 4.23. The highest BCUT2D eigenvalue weighted by molar-refractivity contribution is 9.10. The maximum Gasteiger partial charge on any atom is 0.295 e. The molecule has 0 amide bonds. The fraction of sp³-hybridized carbons (Fsp3) is 0.412. The van der Waals surface area contributed by atoms with Gasteiger partial charge in [0.15, 0.2) is 0 Å². The van der Waals surface area contributed by atoms with Crippen LogP contribution in [0.25, 0.3) is 5.69 Å². The van der Waals surface area contributed by atoms with Crippen molar-refractivity contribution < 1.29 is 4.74 Å². The van der Waals surface area contributed by atoms with E-state index in [0.717, 1.165) is 51.5 Å². The van der Waals surface area contributed by atoms with Crippen LogP contribution in [0.15, 0.2) is 45.8 Å². The standard InChI is InChI=1S/C17H21BrN4O2/c18-15-13-20-22(14-5-2-1-3-6-14)17(23)16(15)19-7-4-8-21-9-11-24-12-10-21/h1-3,5-6,13,19H,4,7-12H2. The van der Waals surface area contributed by atoms with E-state index in [1.165, 1.54) is 4.68 Å². The predicted molar refractivity (Wildman–Crippen MR) is 97.9 cm³/mol. The second-order valence-corrected chi connectivity index (χ2v) is 6.51. The van der Waals surface area contributed by atoms with Crippen LogP contribution in [-0.4, -0.2) is 54.1 Å². The van der Waals surface area contributed by atoms with E-state index in [0.29, 0.717) is 10.2 Å². The van der Waals surface area contributed by atoms with E-state index in [-0.39, 0.29) is 5.56 Å². The van der Waals surface area contributed by atoms with Crippen molar-refractivity contribution in [2.75, 3.05) is 44.7 Å². The zero-order chi connectivity index (χ0) is 16.8. The fourth-order valence-corrected chi connectivity index (χ4v) is 3.09. The van der Waals surface area contributed by atoms with Crippen molar-refractivity contribution in [3.8, 4) is 5.69 Å². The molecule has 6 nitrogen and oxygen atoms in total. The van der Waals surface area contributed by atoms with Crippen molar-refractivity contribution in [3.05, 3.63) is 51.4 Å². The van der Waals surface area contributed by atoms with E-state index in [1.807, 2.05) is 30.3 Å². The first kappa shape index (κ1) is 17.1. The van der Waals surface area contributed by atoms with Gasteiger partial charge in [0, 0.05) is 19.6 Å². The summed E-state index contributed by atoms with van der Waals surface area (Å²) in [6.07, 6.45) is 2.62. The number of nitrogens with one attached hydrogen (secondary N) is 1. The van der Waals surface area contributed by atoms with Crippen LogP contribution < -0.4 is 10.9 Å². The zero-order valence-corrected chi connectivity index (χ0v) is 15.0. The summed E-state index contributed by atoms with van der Waals surface area (Å²) in [6.45, 7) is 5.34. The molecule has 1 saturated heterocycles. The molecule has 1 aliphatic heterocycles. The molecule has 1 fully saturated rings. The zero-order valence-electron chi connectivity index (χ0n) is 13.4. The van der Waals surface area contributed by atoms with Gasteiger partial charge in [-0.25, -0.2) is 0 Å². The van der Waals surface area contributed by atoms with Gasteiger partial charge in [0.2, 0.25) is 0 Å². The number of para-hydroxylation sites is 1. The maximum absolute atomic E-state index is 12.7. The lowest BCUT2D eigenvalue weighted by Gasteiger charge is -2.26. The molecular formula is C17H21BrN4O2. The molecule has 24 heavy (non-hydrogen) atoms. The summed E-state index contributed by atoms with van der Waals surface area (Å²) in [5, 5.41) is 7.46. The van der Waals surface area contributed by atoms with Crippen LogP contribution in [0.4, 0.5) is 5.69 Å². The Morgan fingerprint density at radius 2 is 1.96 bits per heavy atom. The van der Waals surface area contributed by atoms with Gasteiger partial charge in [-0.3, -0.25) is 9.69 Å². The monoisotopic (exact) mass is 392 g/mol. The second kappa shape index (κ2) is 8.41. The van der Waals surface area contributed by atoms with Gasteiger partial charge in [-0.15, -0.1) is 0 Å². The average molecular weight is 393 g/mol. The number of anilines is 1. The highest BCUT2D eigenvalue weighted by atomic mass is 79.9. The SMILES string of the molecule is O=c1c(NCCCN2CCOCC2)c(Br)cnn1-c1ccccc1. The van der Waals surface area contributed by atoms with E-state index in [1.54, 1.807) is 6.20 Å². The Balaban J connectivity index is 1.63. The third-order valence-electron chi connectivity index (χ3n) is 3.99. The van der Waals surface area contributed by atoms with Gasteiger partial charge < -0.3 is 10.1 Å². The molecule has 3 rings (SSSR count). The Kier molecular flexibility index (Phi) is 6.01. The summed E-state index contributed by atoms with van der Waals surface area (Å²) in [6, 6.07) is 9.43. The van der Waals surface area contributed by atoms with Gasteiger partial charge >= 0.3 is 0 Å². The first-order valence-electron chi connectivity index (χ1n) is 8.13. The number of hydrogen-bond donors (Lipinski definition) is 1. The lowest BCUT2D eigenvalue weighted by Crippen LogP contribution is -2.37. The van der Waals surface area contributed by atoms with Crippen LogP contribution in [0, 0.1) is 0 Å². The number of benzene rings is 1. The topological polar surface area (TPSA) is 59.4 Å². The van der Waals surface area contributed by atoms with Crippen LogP contribution in [0.2, 0.25) is 0 Å². The number of aromatic nitrogens is 2. The first-order chi connectivity index (χ1) is 11.8. The molecule has 0 spiro atoms. The van der Waals surface area contributed by atoms with E-state index in [4.69, 9.17) is 4.74 Å². The van der Waals surface area contributed by atoms with Crippen LogP contribution >= 0.6 is 15.9 Å². The van der Waals surface area contributed by atoms with Gasteiger partial charge in [0.1, 0.15) is 5.69 Å². The molecule has 1 N–H and O–H groups in total. The highest BCUT2D eigenvalue weighted by Gasteiger charge is 2.12. The van der Waals surface area contributed by atoms with Gasteiger partial charge in [-0.1, -0.05) is 18.2 Å². The molecule has 2 aromatic rings. The minimum Gasteiger partial charge on any atom is -0.380 e. The van der Waals surface area contributed by atoms with Crippen molar-refractivity contribution in [1.82, 2.24) is 14.7 Å². The molecular weight excluding hydrogens is 372 g/mol. The Labute approximate surface area is 149 Å². The molecule has 0 radical (unpaired) electrons. The largest absolute Gasteiger partial charge is 0.380 e. The van der Waals surface area contributed by atoms with Crippen LogP contribution in [-0.2, 0) is 4.74 Å². The molecule has 0 aliphatic carbocycles. The van der Waals surface area contributed by atoms with Gasteiger partial charge in [0.05, 0.1) is 29.6 Å². The van der Waals surface area contributed by atoms with Crippen molar-refractivity contribution in [2.24, 2.45) is 0 Å². The number of halogens is 1. The van der Waals surface area contributed by atoms with E-state index >= 15 is 0 Å². The summed E-state index contributed by atoms with van der Waals surface area (Å²) in [5.41, 5.74) is 1.16. The Bertz CT molecular complexity index is 714. The first-order valence-corrected chi connectivity index (χ1v) is 8.92. The van der Waals surface area contributed by atoms with Gasteiger partial charge in [-0.05, 0) is 41.0 Å². The molecule has 1 aliphatic rings. The average Bonchev–Trinajstić information content (AvgIpc) is 2.62. The Morgan fingerprint density at radius 3 is 2.71 bits per heavy atom. The minimum absolute atomic E-state index is 0.151. The summed E-state index contributed by atoms with van der Waals surface area (Å²) in [5.74, 6) is 0. The van der Waals surface area contributed by atoms with Crippen molar-refractivity contribution in [2.45, 2.75) is 6.42 Å². The molecule has 7 heteroatoms. The maximum atomic E-state index is 12.7. The summed E-state index contributed by atoms with van der Waals surface area (Å²) < 4.78 is 7.45. The van der Waals surface area contributed by atoms with Crippen molar-refractivity contribution in [1.29, 1.82) is 0 Å². The lowest BCUT2D eigenvalue weighted by atomic mass is 10.3. The van der Waals surface area contributed by atoms with Crippen LogP contribution in [0.5, 0.6) is 0 Å². The molecule has 0 saturated carbocycles. The molecule has 0 atom stereocenters. The summed E-state index contributed by atoms with van der Waals surface area (Å²) in [4.78, 5) is 15.1. The third-order valence-corrected chi connectivity index (χ3v) is 4.59. The second-order valence-electron chi connectivity index (χ2n) is 5.65. The lowest BCUT2D eigenvalue weighted by molar-refractivity contribution is 0.0378. The Hall–Kier alpha value is -1.70. The van der Waals surface area contributed by atoms with E-state index < -0.39 is 0 Å². The number of nitrogens with zero attached hydrogens (tertiary/aromatic N) is 3. The number of hydrogen-bond acceptors (Lipinski definition) is 5. The van der Waals surface area contributed by atoms with Crippen LogP contribution in [0.1, 0.15) is 6.42 Å². The molecule has 0 unspecified atom stereocenters. The Morgan fingerprint density at radius 1 is 1.21 bits per heavy atom. The van der Waals surface area contributed by atoms with Crippen molar-refractivity contribution >= 4 is 21.6 Å². The number of ether oxygens (including phenoxy) is 1. The fourth-order valence-electron chi connectivity index (χ4n) is 2.69. The quantitative estimate of drug-likeness (QED) is 0.763. The number of rotatable bonds is 6. The normalized spacial score (nSPS) is 15.4. The molecule has 128 valence electrons. The van der Waals surface area contributed by atoms with Gasteiger partial charge in [-0.2, -0.15) is 9.78 Å². The van der Waals surface area contributed by atoms with Gasteiger partial charge in [0.25, 0.3) is 5.56 Å². The number of morpholine rings is 1. The predicted octanol–water partition coefficient (Wildman–Crippen LogP) is 2.13. The van der Waals surface area contributed by atoms with E-state index in [9.17, 15) is 4.79 Å².